The van der Waals surface area contributed by atoms with Crippen LogP contribution in [0.3, 0.4) is 0 Å². The minimum Gasteiger partial charge on any atom is -0.480 e. The molecule has 0 aliphatic carbocycles. The van der Waals surface area contributed by atoms with Crippen molar-refractivity contribution in [2.75, 3.05) is 19.7 Å². The number of carbonyl (C=O) groups is 4. The SMILES string of the molecule is CC(O)C(NC(=O)C(CO)NC(=O)C1CCCN1C(=O)C(N)CCCN=C(N)N)C(=O)O. The van der Waals surface area contributed by atoms with Gasteiger partial charge in [0.15, 0.2) is 12.0 Å². The first-order chi connectivity index (χ1) is 15.0. The van der Waals surface area contributed by atoms with Crippen LogP contribution in [-0.2, 0) is 19.2 Å². The van der Waals surface area contributed by atoms with E-state index >= 15 is 0 Å². The van der Waals surface area contributed by atoms with Gasteiger partial charge in [-0.3, -0.25) is 19.4 Å². The van der Waals surface area contributed by atoms with Crippen LogP contribution in [0.2, 0.25) is 0 Å². The van der Waals surface area contributed by atoms with E-state index in [1.807, 2.05) is 0 Å². The lowest BCUT2D eigenvalue weighted by Crippen LogP contribution is -2.58. The molecule has 0 spiro atoms. The highest BCUT2D eigenvalue weighted by Gasteiger charge is 2.38. The summed E-state index contributed by atoms with van der Waals surface area (Å²) in [4.78, 5) is 53.9. The first-order valence-corrected chi connectivity index (χ1v) is 10.2. The predicted octanol–water partition coefficient (Wildman–Crippen LogP) is -4.21. The molecule has 14 nitrogen and oxygen atoms in total. The number of likely N-dealkylation sites (tertiary alicyclic amines) is 1. The standard InChI is InChI=1S/C18H33N7O7/c1-9(27)13(17(31)32)24-14(28)11(8-26)23-15(29)12-5-3-7-25(12)16(30)10(19)4-2-6-22-18(20)21/h9-13,26-27H,2-8,19H2,1H3,(H,23,29)(H,24,28)(H,31,32)(H4,20,21,22). The normalized spacial score (nSPS) is 19.4. The van der Waals surface area contributed by atoms with E-state index in [1.54, 1.807) is 0 Å². The highest BCUT2D eigenvalue weighted by Crippen LogP contribution is 2.19. The second-order valence-corrected chi connectivity index (χ2v) is 7.55. The summed E-state index contributed by atoms with van der Waals surface area (Å²) in [6.07, 6.45) is 0.254. The Morgan fingerprint density at radius 3 is 2.41 bits per heavy atom. The number of hydrogen-bond acceptors (Lipinski definition) is 8. The van der Waals surface area contributed by atoms with Gasteiger partial charge in [0, 0.05) is 13.1 Å². The average Bonchev–Trinajstić information content (AvgIpc) is 3.21. The maximum absolute atomic E-state index is 12.7. The maximum atomic E-state index is 12.7. The van der Waals surface area contributed by atoms with Gasteiger partial charge in [-0.15, -0.1) is 0 Å². The fourth-order valence-corrected chi connectivity index (χ4v) is 3.26. The zero-order chi connectivity index (χ0) is 24.4. The van der Waals surface area contributed by atoms with Gasteiger partial charge in [-0.25, -0.2) is 4.79 Å². The molecule has 5 unspecified atom stereocenters. The molecule has 1 fully saturated rings. The number of aliphatic hydroxyl groups excluding tert-OH is 2. The first-order valence-electron chi connectivity index (χ1n) is 10.2. The Bertz CT molecular complexity index is 712. The van der Waals surface area contributed by atoms with Crippen LogP contribution >= 0.6 is 0 Å². The summed E-state index contributed by atoms with van der Waals surface area (Å²) in [6.45, 7) is 0.977. The van der Waals surface area contributed by atoms with Crippen molar-refractivity contribution in [2.45, 2.75) is 62.9 Å². The van der Waals surface area contributed by atoms with Gasteiger partial charge in [-0.05, 0) is 32.6 Å². The zero-order valence-corrected chi connectivity index (χ0v) is 17.9. The number of nitrogens with one attached hydrogen (secondary N) is 2. The highest BCUT2D eigenvalue weighted by atomic mass is 16.4. The molecule has 0 radical (unpaired) electrons. The number of carboxylic acids is 1. The molecule has 1 rings (SSSR count). The topological polar surface area (TPSA) is 247 Å². The number of aliphatic carboxylic acids is 1. The molecule has 0 aromatic carbocycles. The number of hydrogen-bond donors (Lipinski definition) is 8. The van der Waals surface area contributed by atoms with Crippen molar-refractivity contribution in [1.29, 1.82) is 0 Å². The van der Waals surface area contributed by atoms with Crippen molar-refractivity contribution in [3.63, 3.8) is 0 Å². The molecule has 5 atom stereocenters. The number of amides is 3. The van der Waals surface area contributed by atoms with Crippen molar-refractivity contribution >= 4 is 29.7 Å². The number of nitrogens with zero attached hydrogens (tertiary/aromatic N) is 2. The summed E-state index contributed by atoms with van der Waals surface area (Å²) in [5.74, 6) is -3.63. The number of carboxylic acid groups (broad SMARTS) is 1. The van der Waals surface area contributed by atoms with E-state index in [1.165, 1.54) is 11.8 Å². The van der Waals surface area contributed by atoms with E-state index in [4.69, 9.17) is 22.3 Å². The number of rotatable bonds is 12. The largest absolute Gasteiger partial charge is 0.480 e. The Hall–Kier alpha value is -2.97. The summed E-state index contributed by atoms with van der Waals surface area (Å²) in [7, 11) is 0. The molecule has 14 heteroatoms. The minimum atomic E-state index is -1.62. The van der Waals surface area contributed by atoms with Gasteiger partial charge < -0.3 is 48.1 Å². The maximum Gasteiger partial charge on any atom is 0.328 e. The van der Waals surface area contributed by atoms with Gasteiger partial charge in [-0.1, -0.05) is 0 Å². The zero-order valence-electron chi connectivity index (χ0n) is 17.9. The lowest BCUT2D eigenvalue weighted by atomic mass is 10.1. The molecule has 0 aromatic rings. The Morgan fingerprint density at radius 2 is 1.88 bits per heavy atom. The first kappa shape index (κ1) is 27.1. The van der Waals surface area contributed by atoms with Crippen LogP contribution in [0, 0.1) is 0 Å². The van der Waals surface area contributed by atoms with E-state index in [9.17, 15) is 29.4 Å². The van der Waals surface area contributed by atoms with Crippen LogP contribution in [-0.4, -0.2) is 99.8 Å². The van der Waals surface area contributed by atoms with E-state index in [2.05, 4.69) is 15.6 Å². The molecule has 0 saturated carbocycles. The Labute approximate surface area is 185 Å². The van der Waals surface area contributed by atoms with Gasteiger partial charge in [0.2, 0.25) is 17.7 Å². The molecule has 32 heavy (non-hydrogen) atoms. The second-order valence-electron chi connectivity index (χ2n) is 7.55. The number of aliphatic hydroxyl groups is 2. The molecule has 1 aliphatic heterocycles. The monoisotopic (exact) mass is 459 g/mol. The minimum absolute atomic E-state index is 0.0632. The highest BCUT2D eigenvalue weighted by molar-refractivity contribution is 5.94. The Balaban J connectivity index is 2.72. The summed E-state index contributed by atoms with van der Waals surface area (Å²) < 4.78 is 0. The van der Waals surface area contributed by atoms with Crippen LogP contribution in [0.1, 0.15) is 32.6 Å². The van der Waals surface area contributed by atoms with Gasteiger partial charge in [-0.2, -0.15) is 0 Å². The third-order valence-corrected chi connectivity index (χ3v) is 4.99. The molecular weight excluding hydrogens is 426 g/mol. The number of carbonyl (C=O) groups excluding carboxylic acids is 3. The Morgan fingerprint density at radius 1 is 1.22 bits per heavy atom. The quantitative estimate of drug-likeness (QED) is 0.0793. The lowest BCUT2D eigenvalue weighted by molar-refractivity contribution is -0.146. The summed E-state index contributed by atoms with van der Waals surface area (Å²) in [6, 6.07) is -4.83. The third kappa shape index (κ3) is 7.94. The lowest BCUT2D eigenvalue weighted by Gasteiger charge is -2.28. The van der Waals surface area contributed by atoms with Crippen molar-refractivity contribution in [1.82, 2.24) is 15.5 Å². The van der Waals surface area contributed by atoms with Gasteiger partial charge in [0.25, 0.3) is 0 Å². The van der Waals surface area contributed by atoms with E-state index < -0.39 is 60.6 Å². The van der Waals surface area contributed by atoms with Gasteiger partial charge in [0.05, 0.1) is 18.8 Å². The van der Waals surface area contributed by atoms with Crippen molar-refractivity contribution < 1.29 is 34.5 Å². The number of guanidine groups is 1. The van der Waals surface area contributed by atoms with Crippen LogP contribution < -0.4 is 27.8 Å². The van der Waals surface area contributed by atoms with E-state index in [0.29, 0.717) is 38.8 Å². The molecule has 1 aliphatic rings. The molecule has 0 aromatic heterocycles. The molecule has 11 N–H and O–H groups in total. The fraction of sp³-hybridized carbons (Fsp3) is 0.722. The molecule has 0 bridgehead atoms. The smallest absolute Gasteiger partial charge is 0.328 e. The van der Waals surface area contributed by atoms with E-state index in [0.717, 1.165) is 0 Å². The number of nitrogens with two attached hydrogens (primary N) is 3. The third-order valence-electron chi connectivity index (χ3n) is 4.99. The van der Waals surface area contributed by atoms with Crippen LogP contribution in [0.25, 0.3) is 0 Å². The molecular formula is C18H33N7O7. The molecule has 1 saturated heterocycles. The Kier molecular flexibility index (Phi) is 10.8. The van der Waals surface area contributed by atoms with Crippen LogP contribution in [0.5, 0.6) is 0 Å². The molecule has 1 heterocycles. The van der Waals surface area contributed by atoms with Crippen LogP contribution in [0.15, 0.2) is 4.99 Å². The van der Waals surface area contributed by atoms with E-state index in [-0.39, 0.29) is 5.96 Å². The summed E-state index contributed by atoms with van der Waals surface area (Å²) in [5.41, 5.74) is 16.4. The van der Waals surface area contributed by atoms with Crippen molar-refractivity contribution in [2.24, 2.45) is 22.2 Å². The molecule has 182 valence electrons. The fourth-order valence-electron chi connectivity index (χ4n) is 3.26. The van der Waals surface area contributed by atoms with Crippen molar-refractivity contribution in [3.05, 3.63) is 0 Å². The number of aliphatic imine (C=N–C) groups is 1. The summed E-state index contributed by atoms with van der Waals surface area (Å²) >= 11 is 0. The van der Waals surface area contributed by atoms with Crippen LogP contribution in [0.4, 0.5) is 0 Å². The average molecular weight is 460 g/mol. The van der Waals surface area contributed by atoms with Crippen molar-refractivity contribution in [3.8, 4) is 0 Å². The second kappa shape index (κ2) is 12.8. The summed E-state index contributed by atoms with van der Waals surface area (Å²) in [5, 5.41) is 32.4. The predicted molar refractivity (Wildman–Crippen MR) is 113 cm³/mol. The van der Waals surface area contributed by atoms with Gasteiger partial charge in [0.1, 0.15) is 12.1 Å². The van der Waals surface area contributed by atoms with Gasteiger partial charge >= 0.3 is 5.97 Å². The molecule has 3 amide bonds.